The summed E-state index contributed by atoms with van der Waals surface area (Å²) in [4.78, 5) is 37.1. The van der Waals surface area contributed by atoms with E-state index in [9.17, 15) is 18.8 Å². The SMILES string of the molecule is O=C(CNC(=O)c1ccccc1)NC1CCc2nn(Cc3ccc(F)cc3)c(=O)n2CC1. The van der Waals surface area contributed by atoms with E-state index in [1.165, 1.54) is 16.8 Å². The molecule has 1 aliphatic rings. The Morgan fingerprint density at radius 3 is 2.56 bits per heavy atom. The fourth-order valence-corrected chi connectivity index (χ4v) is 3.77. The van der Waals surface area contributed by atoms with Crippen molar-refractivity contribution in [2.75, 3.05) is 6.54 Å². The molecule has 2 amide bonds. The van der Waals surface area contributed by atoms with Crippen molar-refractivity contribution in [2.45, 2.75) is 38.4 Å². The van der Waals surface area contributed by atoms with Gasteiger partial charge in [0.25, 0.3) is 5.91 Å². The third-order valence-corrected chi connectivity index (χ3v) is 5.47. The molecule has 2 aromatic carbocycles. The zero-order chi connectivity index (χ0) is 22.5. The van der Waals surface area contributed by atoms with Crippen molar-refractivity contribution in [1.29, 1.82) is 0 Å². The van der Waals surface area contributed by atoms with E-state index < -0.39 is 0 Å². The number of aromatic nitrogens is 3. The van der Waals surface area contributed by atoms with Crippen molar-refractivity contribution in [2.24, 2.45) is 0 Å². The fraction of sp³-hybridized carbons (Fsp3) is 0.304. The molecule has 4 rings (SSSR count). The summed E-state index contributed by atoms with van der Waals surface area (Å²) in [5.74, 6) is -0.225. The Hall–Kier alpha value is -3.75. The highest BCUT2D eigenvalue weighted by Crippen LogP contribution is 2.12. The van der Waals surface area contributed by atoms with Crippen LogP contribution in [0.5, 0.6) is 0 Å². The van der Waals surface area contributed by atoms with Crippen LogP contribution in [0, 0.1) is 5.82 Å². The Balaban J connectivity index is 1.30. The summed E-state index contributed by atoms with van der Waals surface area (Å²) in [6.07, 6.45) is 1.78. The van der Waals surface area contributed by atoms with Gasteiger partial charge in [-0.15, -0.1) is 0 Å². The first-order chi connectivity index (χ1) is 15.5. The largest absolute Gasteiger partial charge is 0.352 e. The highest BCUT2D eigenvalue weighted by atomic mass is 19.1. The molecule has 1 atom stereocenters. The van der Waals surface area contributed by atoms with E-state index >= 15 is 0 Å². The van der Waals surface area contributed by atoms with Gasteiger partial charge in [0.2, 0.25) is 5.91 Å². The van der Waals surface area contributed by atoms with Gasteiger partial charge in [0.1, 0.15) is 11.6 Å². The molecule has 0 saturated carbocycles. The van der Waals surface area contributed by atoms with Crippen molar-refractivity contribution in [3.8, 4) is 0 Å². The number of benzene rings is 2. The third kappa shape index (κ3) is 5.11. The number of amides is 2. The Morgan fingerprint density at radius 1 is 1.06 bits per heavy atom. The molecule has 9 heteroatoms. The van der Waals surface area contributed by atoms with Gasteiger partial charge < -0.3 is 10.6 Å². The van der Waals surface area contributed by atoms with Crippen molar-refractivity contribution in [1.82, 2.24) is 25.0 Å². The molecule has 2 heterocycles. The van der Waals surface area contributed by atoms with Crippen LogP contribution in [-0.4, -0.2) is 38.7 Å². The van der Waals surface area contributed by atoms with Crippen LogP contribution >= 0.6 is 0 Å². The normalized spacial score (nSPS) is 15.5. The summed E-state index contributed by atoms with van der Waals surface area (Å²) in [6.45, 7) is 0.610. The monoisotopic (exact) mass is 437 g/mol. The molecular formula is C23H24FN5O3. The summed E-state index contributed by atoms with van der Waals surface area (Å²) in [6, 6.07) is 14.6. The maximum Gasteiger partial charge on any atom is 0.346 e. The van der Waals surface area contributed by atoms with Crippen molar-refractivity contribution >= 4 is 11.8 Å². The number of hydrogen-bond acceptors (Lipinski definition) is 4. The van der Waals surface area contributed by atoms with Gasteiger partial charge in [0.15, 0.2) is 0 Å². The minimum atomic E-state index is -0.325. The minimum absolute atomic E-state index is 0.109. The molecule has 1 aromatic heterocycles. The highest BCUT2D eigenvalue weighted by molar-refractivity contribution is 5.96. The summed E-state index contributed by atoms with van der Waals surface area (Å²) in [5.41, 5.74) is 1.08. The van der Waals surface area contributed by atoms with Crippen molar-refractivity contribution in [3.63, 3.8) is 0 Å². The van der Waals surface area contributed by atoms with Crippen LogP contribution in [0.15, 0.2) is 59.4 Å². The zero-order valence-corrected chi connectivity index (χ0v) is 17.5. The lowest BCUT2D eigenvalue weighted by molar-refractivity contribution is -0.120. The summed E-state index contributed by atoms with van der Waals surface area (Å²) in [5, 5.41) is 9.98. The molecule has 0 saturated heterocycles. The van der Waals surface area contributed by atoms with Gasteiger partial charge in [-0.2, -0.15) is 5.10 Å². The van der Waals surface area contributed by atoms with E-state index in [0.29, 0.717) is 37.2 Å². The van der Waals surface area contributed by atoms with Crippen LogP contribution < -0.4 is 16.3 Å². The number of carbonyl (C=O) groups is 2. The second-order valence-corrected chi connectivity index (χ2v) is 7.78. The Kier molecular flexibility index (Phi) is 6.44. The zero-order valence-electron chi connectivity index (χ0n) is 17.5. The van der Waals surface area contributed by atoms with Gasteiger partial charge in [-0.3, -0.25) is 14.2 Å². The first-order valence-electron chi connectivity index (χ1n) is 10.5. The topological polar surface area (TPSA) is 98.0 Å². The smallest absolute Gasteiger partial charge is 0.346 e. The Bertz CT molecular complexity index is 1150. The number of rotatable bonds is 6. The fourth-order valence-electron chi connectivity index (χ4n) is 3.77. The van der Waals surface area contributed by atoms with Gasteiger partial charge in [-0.05, 0) is 42.7 Å². The predicted octanol–water partition coefficient (Wildman–Crippen LogP) is 1.48. The number of nitrogens with zero attached hydrogens (tertiary/aromatic N) is 3. The van der Waals surface area contributed by atoms with Crippen LogP contribution in [0.1, 0.15) is 34.6 Å². The second-order valence-electron chi connectivity index (χ2n) is 7.78. The molecule has 0 bridgehead atoms. The first kappa shape index (κ1) is 21.5. The van der Waals surface area contributed by atoms with E-state index in [0.717, 1.165) is 5.56 Å². The van der Waals surface area contributed by atoms with Crippen molar-refractivity contribution < 1.29 is 14.0 Å². The molecule has 0 aliphatic carbocycles. The summed E-state index contributed by atoms with van der Waals surface area (Å²) >= 11 is 0. The van der Waals surface area contributed by atoms with Gasteiger partial charge in [0, 0.05) is 24.6 Å². The van der Waals surface area contributed by atoms with Crippen LogP contribution in [0.25, 0.3) is 0 Å². The van der Waals surface area contributed by atoms with Crippen LogP contribution in [0.4, 0.5) is 4.39 Å². The Labute approximate surface area is 184 Å². The lowest BCUT2D eigenvalue weighted by Gasteiger charge is -2.16. The van der Waals surface area contributed by atoms with Crippen LogP contribution in [0.3, 0.4) is 0 Å². The molecule has 3 aromatic rings. The lowest BCUT2D eigenvalue weighted by atomic mass is 10.1. The molecule has 166 valence electrons. The number of fused-ring (bicyclic) bond motifs is 1. The maximum absolute atomic E-state index is 13.1. The number of halogens is 1. The first-order valence-corrected chi connectivity index (χ1v) is 10.5. The molecule has 0 fully saturated rings. The summed E-state index contributed by atoms with van der Waals surface area (Å²) in [7, 11) is 0. The van der Waals surface area contributed by atoms with Gasteiger partial charge in [-0.25, -0.2) is 13.9 Å². The lowest BCUT2D eigenvalue weighted by Crippen LogP contribution is -2.42. The van der Waals surface area contributed by atoms with Crippen LogP contribution in [0.2, 0.25) is 0 Å². The van der Waals surface area contributed by atoms with Crippen molar-refractivity contribution in [3.05, 3.63) is 87.9 Å². The standard InChI is InChI=1S/C23H24FN5O3/c24-18-8-6-16(7-9-18)15-29-23(32)28-13-12-19(10-11-20(28)27-29)26-21(30)14-25-22(31)17-4-2-1-3-5-17/h1-9,19H,10-15H2,(H,25,31)(H,26,30). The van der Waals surface area contributed by atoms with Gasteiger partial charge in [-0.1, -0.05) is 30.3 Å². The molecule has 0 spiro atoms. The molecule has 32 heavy (non-hydrogen) atoms. The number of aryl methyl sites for hydroxylation is 1. The summed E-state index contributed by atoms with van der Waals surface area (Å²) < 4.78 is 16.1. The molecule has 1 aliphatic heterocycles. The van der Waals surface area contributed by atoms with Gasteiger partial charge in [0.05, 0.1) is 13.1 Å². The third-order valence-electron chi connectivity index (χ3n) is 5.47. The number of nitrogens with one attached hydrogen (secondary N) is 2. The van der Waals surface area contributed by atoms with E-state index in [-0.39, 0.29) is 42.5 Å². The van der Waals surface area contributed by atoms with E-state index in [1.807, 2.05) is 6.07 Å². The molecule has 1 unspecified atom stereocenters. The molecular weight excluding hydrogens is 413 g/mol. The number of hydrogen-bond donors (Lipinski definition) is 2. The minimum Gasteiger partial charge on any atom is -0.352 e. The number of carbonyl (C=O) groups excluding carboxylic acids is 2. The molecule has 8 nitrogen and oxygen atoms in total. The average molecular weight is 437 g/mol. The predicted molar refractivity (Wildman–Crippen MR) is 116 cm³/mol. The second kappa shape index (κ2) is 9.59. The molecule has 0 radical (unpaired) electrons. The van der Waals surface area contributed by atoms with Crippen LogP contribution in [-0.2, 0) is 24.3 Å². The molecule has 2 N–H and O–H groups in total. The quantitative estimate of drug-likeness (QED) is 0.610. The van der Waals surface area contributed by atoms with Gasteiger partial charge >= 0.3 is 5.69 Å². The average Bonchev–Trinajstić information content (AvgIpc) is 2.96. The van der Waals surface area contributed by atoms with E-state index in [4.69, 9.17) is 0 Å². The van der Waals surface area contributed by atoms with E-state index in [1.54, 1.807) is 41.0 Å². The highest BCUT2D eigenvalue weighted by Gasteiger charge is 2.22. The maximum atomic E-state index is 13.1. The van der Waals surface area contributed by atoms with E-state index in [2.05, 4.69) is 15.7 Å². The Morgan fingerprint density at radius 2 is 1.81 bits per heavy atom.